The minimum absolute atomic E-state index is 0.250. The fraction of sp³-hybridized carbons (Fsp3) is 0.833. The second-order valence-electron chi connectivity index (χ2n) is 4.31. The van der Waals surface area contributed by atoms with E-state index in [2.05, 4.69) is 20.3 Å². The number of rotatable bonds is 5. The number of alkyl carbamates (subject to hydrolysis) is 1. The molecule has 1 saturated heterocycles. The van der Waals surface area contributed by atoms with E-state index in [0.29, 0.717) is 6.04 Å². The minimum Gasteiger partial charge on any atom is -0.450 e. The van der Waals surface area contributed by atoms with Gasteiger partial charge in [-0.05, 0) is 39.4 Å². The van der Waals surface area contributed by atoms with Crippen LogP contribution in [0.1, 0.15) is 26.7 Å². The van der Waals surface area contributed by atoms with Gasteiger partial charge in [0.1, 0.15) is 0 Å². The highest BCUT2D eigenvalue weighted by atomic mass is 16.5. The number of amides is 2. The van der Waals surface area contributed by atoms with E-state index in [1.54, 1.807) is 6.92 Å². The van der Waals surface area contributed by atoms with Crippen molar-refractivity contribution in [1.82, 2.24) is 15.5 Å². The first-order valence-corrected chi connectivity index (χ1v) is 6.58. The smallest absolute Gasteiger partial charge is 0.413 e. The van der Waals surface area contributed by atoms with Gasteiger partial charge in [0.25, 0.3) is 0 Å². The van der Waals surface area contributed by atoms with Crippen molar-refractivity contribution in [3.8, 4) is 0 Å². The number of carbonyl (C=O) groups is 2. The normalized spacial score (nSPS) is 16.6. The summed E-state index contributed by atoms with van der Waals surface area (Å²) in [4.78, 5) is 24.9. The predicted octanol–water partition coefficient (Wildman–Crippen LogP) is 0.333. The van der Waals surface area contributed by atoms with Gasteiger partial charge in [-0.2, -0.15) is 0 Å². The second kappa shape index (κ2) is 8.05. The SMILES string of the molecule is CCOC(=O)NC(=O)CN(CC)C1CCNCC1. The zero-order chi connectivity index (χ0) is 13.4. The largest absolute Gasteiger partial charge is 0.450 e. The number of hydrogen-bond donors (Lipinski definition) is 2. The van der Waals surface area contributed by atoms with Crippen LogP contribution in [0.2, 0.25) is 0 Å². The Morgan fingerprint density at radius 1 is 1.33 bits per heavy atom. The molecule has 0 aliphatic carbocycles. The topological polar surface area (TPSA) is 70.7 Å². The Morgan fingerprint density at radius 3 is 2.56 bits per heavy atom. The molecule has 0 bridgehead atoms. The van der Waals surface area contributed by atoms with Gasteiger partial charge in [0, 0.05) is 6.04 Å². The lowest BCUT2D eigenvalue weighted by molar-refractivity contribution is -0.122. The number of hydrogen-bond acceptors (Lipinski definition) is 5. The molecule has 0 aromatic rings. The van der Waals surface area contributed by atoms with Crippen molar-refractivity contribution in [3.05, 3.63) is 0 Å². The Kier molecular flexibility index (Phi) is 6.67. The molecule has 2 amide bonds. The summed E-state index contributed by atoms with van der Waals surface area (Å²) in [7, 11) is 0. The van der Waals surface area contributed by atoms with Crippen LogP contribution in [-0.4, -0.2) is 55.7 Å². The molecule has 0 atom stereocenters. The van der Waals surface area contributed by atoms with E-state index in [1.807, 2.05) is 6.92 Å². The van der Waals surface area contributed by atoms with Gasteiger partial charge in [-0.1, -0.05) is 6.92 Å². The molecule has 6 heteroatoms. The van der Waals surface area contributed by atoms with Crippen LogP contribution in [0.3, 0.4) is 0 Å². The fourth-order valence-corrected chi connectivity index (χ4v) is 2.18. The number of ether oxygens (including phenoxy) is 1. The first-order valence-electron chi connectivity index (χ1n) is 6.58. The Labute approximate surface area is 108 Å². The summed E-state index contributed by atoms with van der Waals surface area (Å²) in [5.74, 6) is -0.297. The number of carbonyl (C=O) groups excluding carboxylic acids is 2. The molecule has 0 radical (unpaired) electrons. The molecular weight excluding hydrogens is 234 g/mol. The molecule has 0 aromatic heterocycles. The Balaban J connectivity index is 2.37. The number of nitrogens with zero attached hydrogens (tertiary/aromatic N) is 1. The van der Waals surface area contributed by atoms with E-state index >= 15 is 0 Å². The first kappa shape index (κ1) is 14.9. The average molecular weight is 257 g/mol. The summed E-state index contributed by atoms with van der Waals surface area (Å²) >= 11 is 0. The van der Waals surface area contributed by atoms with Crippen molar-refractivity contribution in [3.63, 3.8) is 0 Å². The van der Waals surface area contributed by atoms with E-state index in [4.69, 9.17) is 0 Å². The minimum atomic E-state index is -0.663. The van der Waals surface area contributed by atoms with E-state index in [0.717, 1.165) is 32.5 Å². The van der Waals surface area contributed by atoms with Gasteiger partial charge in [-0.15, -0.1) is 0 Å². The molecule has 6 nitrogen and oxygen atoms in total. The Morgan fingerprint density at radius 2 is 2.00 bits per heavy atom. The lowest BCUT2D eigenvalue weighted by Crippen LogP contribution is -2.48. The van der Waals surface area contributed by atoms with Gasteiger partial charge in [-0.25, -0.2) is 4.79 Å². The molecule has 2 N–H and O–H groups in total. The van der Waals surface area contributed by atoms with Gasteiger partial charge in [0.15, 0.2) is 0 Å². The van der Waals surface area contributed by atoms with E-state index in [9.17, 15) is 9.59 Å². The van der Waals surface area contributed by atoms with Gasteiger partial charge >= 0.3 is 6.09 Å². The van der Waals surface area contributed by atoms with E-state index < -0.39 is 6.09 Å². The number of imide groups is 1. The summed E-state index contributed by atoms with van der Waals surface area (Å²) in [5.41, 5.74) is 0. The maximum Gasteiger partial charge on any atom is 0.413 e. The van der Waals surface area contributed by atoms with Crippen molar-refractivity contribution in [2.24, 2.45) is 0 Å². The van der Waals surface area contributed by atoms with Gasteiger partial charge in [0.05, 0.1) is 13.2 Å². The predicted molar refractivity (Wildman–Crippen MR) is 68.3 cm³/mol. The van der Waals surface area contributed by atoms with Gasteiger partial charge in [0.2, 0.25) is 5.91 Å². The van der Waals surface area contributed by atoms with Crippen LogP contribution in [0, 0.1) is 0 Å². The summed E-state index contributed by atoms with van der Waals surface area (Å²) in [6.07, 6.45) is 1.42. The lowest BCUT2D eigenvalue weighted by atomic mass is 10.0. The molecule has 1 aliphatic rings. The maximum absolute atomic E-state index is 11.7. The van der Waals surface area contributed by atoms with Crippen molar-refractivity contribution in [1.29, 1.82) is 0 Å². The average Bonchev–Trinajstić information content (AvgIpc) is 2.37. The Hall–Kier alpha value is -1.14. The van der Waals surface area contributed by atoms with Crippen molar-refractivity contribution in [2.45, 2.75) is 32.7 Å². The molecule has 104 valence electrons. The third-order valence-corrected chi connectivity index (χ3v) is 3.09. The molecule has 0 unspecified atom stereocenters. The molecule has 1 heterocycles. The van der Waals surface area contributed by atoms with Crippen LogP contribution < -0.4 is 10.6 Å². The van der Waals surface area contributed by atoms with Crippen molar-refractivity contribution >= 4 is 12.0 Å². The molecule has 0 spiro atoms. The van der Waals surface area contributed by atoms with Crippen LogP contribution in [0.25, 0.3) is 0 Å². The number of nitrogens with one attached hydrogen (secondary N) is 2. The highest BCUT2D eigenvalue weighted by molar-refractivity contribution is 5.92. The highest BCUT2D eigenvalue weighted by Crippen LogP contribution is 2.10. The van der Waals surface area contributed by atoms with Crippen LogP contribution in [-0.2, 0) is 9.53 Å². The standard InChI is InChI=1S/C12H23N3O3/c1-3-15(10-5-7-13-8-6-10)9-11(16)14-12(17)18-4-2/h10,13H,3-9H2,1-2H3,(H,14,16,17). The van der Waals surface area contributed by atoms with Crippen molar-refractivity contribution < 1.29 is 14.3 Å². The highest BCUT2D eigenvalue weighted by Gasteiger charge is 2.22. The molecule has 0 aromatic carbocycles. The fourth-order valence-electron chi connectivity index (χ4n) is 2.18. The lowest BCUT2D eigenvalue weighted by Gasteiger charge is -2.33. The molecular formula is C12H23N3O3. The summed E-state index contributed by atoms with van der Waals surface area (Å²) in [6.45, 7) is 7.03. The van der Waals surface area contributed by atoms with Crippen LogP contribution in [0.4, 0.5) is 4.79 Å². The first-order chi connectivity index (χ1) is 8.67. The molecule has 1 fully saturated rings. The van der Waals surface area contributed by atoms with Crippen LogP contribution >= 0.6 is 0 Å². The Bertz CT molecular complexity index is 278. The second-order valence-corrected chi connectivity index (χ2v) is 4.31. The summed E-state index contributed by atoms with van der Waals surface area (Å²) < 4.78 is 4.67. The molecule has 1 rings (SSSR count). The monoisotopic (exact) mass is 257 g/mol. The number of piperidine rings is 1. The third-order valence-electron chi connectivity index (χ3n) is 3.09. The molecule has 0 saturated carbocycles. The summed E-state index contributed by atoms with van der Waals surface area (Å²) in [5, 5.41) is 5.52. The van der Waals surface area contributed by atoms with Crippen molar-refractivity contribution in [2.75, 3.05) is 32.8 Å². The van der Waals surface area contributed by atoms with Crippen LogP contribution in [0.5, 0.6) is 0 Å². The molecule has 1 aliphatic heterocycles. The quantitative estimate of drug-likeness (QED) is 0.743. The summed E-state index contributed by atoms with van der Waals surface area (Å²) in [6, 6.07) is 0.421. The van der Waals surface area contributed by atoms with Gasteiger partial charge in [-0.3, -0.25) is 15.0 Å². The van der Waals surface area contributed by atoms with Crippen LogP contribution in [0.15, 0.2) is 0 Å². The van der Waals surface area contributed by atoms with E-state index in [1.165, 1.54) is 0 Å². The maximum atomic E-state index is 11.7. The van der Waals surface area contributed by atoms with Gasteiger partial charge < -0.3 is 10.1 Å². The molecule has 18 heavy (non-hydrogen) atoms. The number of likely N-dealkylation sites (N-methyl/N-ethyl adjacent to an activating group) is 1. The third kappa shape index (κ3) is 5.01. The van der Waals surface area contributed by atoms with E-state index in [-0.39, 0.29) is 19.1 Å². The zero-order valence-corrected chi connectivity index (χ0v) is 11.2. The zero-order valence-electron chi connectivity index (χ0n) is 11.2.